The number of ether oxygens (including phenoxy) is 3. The third-order valence-electron chi connectivity index (χ3n) is 5.25. The number of methoxy groups -OCH3 is 2. The number of hydrogen-bond acceptors (Lipinski definition) is 7. The molecule has 2 atom stereocenters. The summed E-state index contributed by atoms with van der Waals surface area (Å²) in [4.78, 5) is 37.8. The molecule has 28 heavy (non-hydrogen) atoms. The summed E-state index contributed by atoms with van der Waals surface area (Å²) >= 11 is 0. The van der Waals surface area contributed by atoms with Crippen LogP contribution in [0.3, 0.4) is 0 Å². The van der Waals surface area contributed by atoms with Gasteiger partial charge < -0.3 is 14.2 Å². The van der Waals surface area contributed by atoms with Gasteiger partial charge in [-0.15, -0.1) is 0 Å². The molecule has 0 fully saturated rings. The number of hydrogen-bond donors (Lipinski definition) is 0. The van der Waals surface area contributed by atoms with Gasteiger partial charge in [0, 0.05) is 24.6 Å². The normalized spacial score (nSPS) is 23.9. The van der Waals surface area contributed by atoms with Gasteiger partial charge >= 0.3 is 5.97 Å². The standard InChI is InChI=1S/C20H20N2O6/c1-26-14-7-6-11(8-16(14)27-2)10-22-19(24)18-12(9-21-22)17-13(23)4-3-5-15(17)28-20(18)25/h6-9,12,18H,3-5,10H2,1-2H3. The number of rotatable bonds is 4. The third-order valence-corrected chi connectivity index (χ3v) is 5.25. The summed E-state index contributed by atoms with van der Waals surface area (Å²) in [5, 5.41) is 5.47. The van der Waals surface area contributed by atoms with Gasteiger partial charge in [0.2, 0.25) is 0 Å². The van der Waals surface area contributed by atoms with Gasteiger partial charge in [-0.05, 0) is 24.1 Å². The van der Waals surface area contributed by atoms with Crippen LogP contribution in [0.2, 0.25) is 0 Å². The van der Waals surface area contributed by atoms with Crippen LogP contribution in [0.25, 0.3) is 0 Å². The van der Waals surface area contributed by atoms with Gasteiger partial charge in [-0.2, -0.15) is 5.10 Å². The number of hydrazone groups is 1. The Morgan fingerprint density at radius 2 is 1.93 bits per heavy atom. The van der Waals surface area contributed by atoms with E-state index in [9.17, 15) is 14.4 Å². The second kappa shape index (κ2) is 7.10. The Hall–Kier alpha value is -3.16. The molecule has 8 heteroatoms. The van der Waals surface area contributed by atoms with Crippen molar-refractivity contribution >= 4 is 23.9 Å². The molecule has 0 bridgehead atoms. The fraction of sp³-hybridized carbons (Fsp3) is 0.400. The molecule has 0 aromatic heterocycles. The second-order valence-electron chi connectivity index (χ2n) is 6.89. The highest BCUT2D eigenvalue weighted by Crippen LogP contribution is 2.39. The fourth-order valence-corrected chi connectivity index (χ4v) is 3.87. The molecule has 1 aliphatic carbocycles. The molecule has 8 nitrogen and oxygen atoms in total. The van der Waals surface area contributed by atoms with E-state index in [1.807, 2.05) is 0 Å². The van der Waals surface area contributed by atoms with Crippen molar-refractivity contribution in [2.45, 2.75) is 25.8 Å². The third kappa shape index (κ3) is 2.94. The zero-order valence-electron chi connectivity index (χ0n) is 15.6. The van der Waals surface area contributed by atoms with E-state index in [1.54, 1.807) is 25.3 Å². The highest BCUT2D eigenvalue weighted by molar-refractivity contribution is 6.10. The number of esters is 1. The average molecular weight is 384 g/mol. The molecule has 2 unspecified atom stereocenters. The number of fused-ring (bicyclic) bond motifs is 2. The zero-order valence-corrected chi connectivity index (χ0v) is 15.6. The summed E-state index contributed by atoms with van der Waals surface area (Å²) < 4.78 is 15.8. The maximum Gasteiger partial charge on any atom is 0.324 e. The van der Waals surface area contributed by atoms with Gasteiger partial charge in [0.1, 0.15) is 11.7 Å². The Labute approximate surface area is 161 Å². The van der Waals surface area contributed by atoms with E-state index in [0.29, 0.717) is 42.1 Å². The lowest BCUT2D eigenvalue weighted by molar-refractivity contribution is -0.157. The first-order valence-corrected chi connectivity index (χ1v) is 9.07. The first-order chi connectivity index (χ1) is 13.5. The fourth-order valence-electron chi connectivity index (χ4n) is 3.87. The number of amides is 1. The Kier molecular flexibility index (Phi) is 4.62. The highest BCUT2D eigenvalue weighted by Gasteiger charge is 2.49. The van der Waals surface area contributed by atoms with Crippen molar-refractivity contribution in [2.75, 3.05) is 14.2 Å². The van der Waals surface area contributed by atoms with Crippen LogP contribution in [-0.4, -0.2) is 43.1 Å². The van der Waals surface area contributed by atoms with Crippen molar-refractivity contribution in [3.63, 3.8) is 0 Å². The Morgan fingerprint density at radius 1 is 1.14 bits per heavy atom. The van der Waals surface area contributed by atoms with E-state index in [4.69, 9.17) is 14.2 Å². The highest BCUT2D eigenvalue weighted by atomic mass is 16.5. The summed E-state index contributed by atoms with van der Waals surface area (Å²) in [6, 6.07) is 5.28. The largest absolute Gasteiger partial charge is 0.493 e. The topological polar surface area (TPSA) is 94.5 Å². The van der Waals surface area contributed by atoms with Crippen LogP contribution < -0.4 is 9.47 Å². The van der Waals surface area contributed by atoms with Gasteiger partial charge in [0.15, 0.2) is 17.3 Å². The lowest BCUT2D eigenvalue weighted by atomic mass is 9.77. The first-order valence-electron chi connectivity index (χ1n) is 9.07. The van der Waals surface area contributed by atoms with Crippen LogP contribution >= 0.6 is 0 Å². The van der Waals surface area contributed by atoms with E-state index in [2.05, 4.69) is 5.10 Å². The van der Waals surface area contributed by atoms with E-state index in [0.717, 1.165) is 5.56 Å². The Morgan fingerprint density at radius 3 is 2.68 bits per heavy atom. The van der Waals surface area contributed by atoms with Crippen LogP contribution in [0.1, 0.15) is 24.8 Å². The molecule has 3 aliphatic rings. The quantitative estimate of drug-likeness (QED) is 0.581. The minimum atomic E-state index is -1.07. The molecule has 1 aromatic carbocycles. The van der Waals surface area contributed by atoms with E-state index in [-0.39, 0.29) is 12.3 Å². The van der Waals surface area contributed by atoms with Crippen LogP contribution in [0.5, 0.6) is 11.5 Å². The molecule has 4 rings (SSSR count). The van der Waals surface area contributed by atoms with Crippen molar-refractivity contribution in [3.05, 3.63) is 35.1 Å². The summed E-state index contributed by atoms with van der Waals surface area (Å²) in [6.07, 6.45) is 3.11. The summed E-state index contributed by atoms with van der Waals surface area (Å²) in [7, 11) is 3.07. The molecule has 0 saturated heterocycles. The molecule has 2 heterocycles. The summed E-state index contributed by atoms with van der Waals surface area (Å²) in [6.45, 7) is 0.159. The second-order valence-corrected chi connectivity index (χ2v) is 6.89. The molecule has 0 radical (unpaired) electrons. The molecule has 146 valence electrons. The monoisotopic (exact) mass is 384 g/mol. The number of benzene rings is 1. The van der Waals surface area contributed by atoms with Crippen LogP contribution in [-0.2, 0) is 25.7 Å². The number of carbonyl (C=O) groups is 3. The molecule has 2 aliphatic heterocycles. The summed E-state index contributed by atoms with van der Waals surface area (Å²) in [5.41, 5.74) is 1.19. The molecular weight excluding hydrogens is 364 g/mol. The molecule has 0 N–H and O–H groups in total. The number of carbonyl (C=O) groups excluding carboxylic acids is 3. The van der Waals surface area contributed by atoms with Crippen molar-refractivity contribution in [3.8, 4) is 11.5 Å². The van der Waals surface area contributed by atoms with Gasteiger partial charge in [-0.1, -0.05) is 6.07 Å². The molecule has 0 spiro atoms. The Bertz CT molecular complexity index is 919. The van der Waals surface area contributed by atoms with E-state index in [1.165, 1.54) is 18.3 Å². The molecule has 1 amide bonds. The molecule has 0 saturated carbocycles. The predicted molar refractivity (Wildman–Crippen MR) is 97.5 cm³/mol. The molecular formula is C20H20N2O6. The van der Waals surface area contributed by atoms with Crippen molar-refractivity contribution < 1.29 is 28.6 Å². The number of ketones is 1. The first kappa shape index (κ1) is 18.2. The lowest BCUT2D eigenvalue weighted by Gasteiger charge is -2.36. The number of allylic oxidation sites excluding steroid dienone is 2. The summed E-state index contributed by atoms with van der Waals surface area (Å²) in [5.74, 6) is -1.37. The minimum Gasteiger partial charge on any atom is -0.493 e. The van der Waals surface area contributed by atoms with Gasteiger partial charge in [-0.3, -0.25) is 14.4 Å². The lowest BCUT2D eigenvalue weighted by Crippen LogP contribution is -2.49. The maximum absolute atomic E-state index is 13.0. The van der Waals surface area contributed by atoms with Gasteiger partial charge in [0.05, 0.1) is 26.7 Å². The van der Waals surface area contributed by atoms with Crippen molar-refractivity contribution in [1.82, 2.24) is 5.01 Å². The van der Waals surface area contributed by atoms with Crippen LogP contribution in [0.15, 0.2) is 34.6 Å². The van der Waals surface area contributed by atoms with Crippen LogP contribution in [0, 0.1) is 11.8 Å². The zero-order chi connectivity index (χ0) is 19.8. The van der Waals surface area contributed by atoms with E-state index < -0.39 is 23.7 Å². The Balaban J connectivity index is 1.62. The SMILES string of the molecule is COc1ccc(CN2N=CC3C4=C(CCCC4=O)OC(=O)C3C2=O)cc1OC. The smallest absolute Gasteiger partial charge is 0.324 e. The van der Waals surface area contributed by atoms with Gasteiger partial charge in [-0.25, -0.2) is 5.01 Å². The minimum absolute atomic E-state index is 0.0728. The number of Topliss-reactive ketones (excluding diaryl/α,β-unsaturated/α-hetero) is 1. The molecule has 1 aromatic rings. The van der Waals surface area contributed by atoms with Crippen LogP contribution in [0.4, 0.5) is 0 Å². The van der Waals surface area contributed by atoms with Gasteiger partial charge in [0.25, 0.3) is 5.91 Å². The maximum atomic E-state index is 13.0. The predicted octanol–water partition coefficient (Wildman–Crippen LogP) is 1.83. The van der Waals surface area contributed by atoms with Crippen molar-refractivity contribution in [2.24, 2.45) is 16.9 Å². The number of nitrogens with zero attached hydrogens (tertiary/aromatic N) is 2. The van der Waals surface area contributed by atoms with E-state index >= 15 is 0 Å². The van der Waals surface area contributed by atoms with Crippen molar-refractivity contribution in [1.29, 1.82) is 0 Å². The average Bonchev–Trinajstić information content (AvgIpc) is 2.69.